The van der Waals surface area contributed by atoms with Gasteiger partial charge in [0.2, 0.25) is 0 Å². The molecule has 0 spiro atoms. The maximum atomic E-state index is 5.76. The Morgan fingerprint density at radius 2 is 2.19 bits per heavy atom. The van der Waals surface area contributed by atoms with Gasteiger partial charge in [0.1, 0.15) is 0 Å². The molecule has 1 saturated carbocycles. The first-order valence-electron chi connectivity index (χ1n) is 5.71. The topological polar surface area (TPSA) is 57.4 Å². The molecule has 1 fully saturated rings. The third-order valence-electron chi connectivity index (χ3n) is 2.33. The highest BCUT2D eigenvalue weighted by Gasteiger charge is 2.26. The highest BCUT2D eigenvalue weighted by Crippen LogP contribution is 2.35. The van der Waals surface area contributed by atoms with Gasteiger partial charge in [-0.25, -0.2) is 0 Å². The van der Waals surface area contributed by atoms with Crippen LogP contribution < -0.4 is 15.2 Å². The lowest BCUT2D eigenvalue weighted by Gasteiger charge is -2.17. The standard InChI is InChI=1S/C12H18N2O2/c1-8(2)15-12-9(5-13)6-14-7-11(12)16-10-3-4-10/h6-8,10H,3-5,13H2,1-2H3. The Balaban J connectivity index is 2.25. The van der Waals surface area contributed by atoms with Crippen molar-refractivity contribution in [3.63, 3.8) is 0 Å². The Labute approximate surface area is 95.8 Å². The molecule has 0 radical (unpaired) electrons. The first-order chi connectivity index (χ1) is 7.70. The van der Waals surface area contributed by atoms with E-state index < -0.39 is 0 Å². The van der Waals surface area contributed by atoms with Gasteiger partial charge in [-0.3, -0.25) is 4.98 Å². The lowest BCUT2D eigenvalue weighted by atomic mass is 10.2. The molecular weight excluding hydrogens is 204 g/mol. The Bertz CT molecular complexity index is 362. The predicted molar refractivity (Wildman–Crippen MR) is 61.5 cm³/mol. The van der Waals surface area contributed by atoms with Gasteiger partial charge in [-0.2, -0.15) is 0 Å². The van der Waals surface area contributed by atoms with E-state index in [1.54, 1.807) is 12.4 Å². The molecular formula is C12H18N2O2. The Hall–Kier alpha value is -1.29. The molecule has 88 valence electrons. The van der Waals surface area contributed by atoms with Gasteiger partial charge in [-0.05, 0) is 26.7 Å². The molecule has 0 saturated heterocycles. The van der Waals surface area contributed by atoms with E-state index in [0.717, 1.165) is 29.9 Å². The van der Waals surface area contributed by atoms with E-state index in [0.29, 0.717) is 12.6 Å². The molecule has 2 N–H and O–H groups in total. The van der Waals surface area contributed by atoms with E-state index in [9.17, 15) is 0 Å². The summed E-state index contributed by atoms with van der Waals surface area (Å²) in [6.07, 6.45) is 6.12. The fourth-order valence-electron chi connectivity index (χ4n) is 1.43. The molecule has 1 aromatic heterocycles. The van der Waals surface area contributed by atoms with Crippen LogP contribution in [-0.4, -0.2) is 17.2 Å². The summed E-state index contributed by atoms with van der Waals surface area (Å²) in [4.78, 5) is 4.12. The number of hydrogen-bond acceptors (Lipinski definition) is 4. The van der Waals surface area contributed by atoms with E-state index in [1.807, 2.05) is 13.8 Å². The van der Waals surface area contributed by atoms with Crippen molar-refractivity contribution in [2.24, 2.45) is 5.73 Å². The average molecular weight is 222 g/mol. The molecule has 1 aromatic rings. The molecule has 4 nitrogen and oxygen atoms in total. The molecule has 0 unspecified atom stereocenters. The van der Waals surface area contributed by atoms with Crippen LogP contribution in [0.15, 0.2) is 12.4 Å². The molecule has 0 amide bonds. The van der Waals surface area contributed by atoms with Crippen molar-refractivity contribution in [2.45, 2.75) is 45.4 Å². The number of ether oxygens (including phenoxy) is 2. The maximum Gasteiger partial charge on any atom is 0.180 e. The number of nitrogens with zero attached hydrogens (tertiary/aromatic N) is 1. The van der Waals surface area contributed by atoms with Crippen molar-refractivity contribution in [3.8, 4) is 11.5 Å². The monoisotopic (exact) mass is 222 g/mol. The van der Waals surface area contributed by atoms with Crippen molar-refractivity contribution in [1.29, 1.82) is 0 Å². The summed E-state index contributed by atoms with van der Waals surface area (Å²) in [6.45, 7) is 4.39. The van der Waals surface area contributed by atoms with Gasteiger partial charge in [0.05, 0.1) is 18.4 Å². The minimum atomic E-state index is 0.106. The average Bonchev–Trinajstić information content (AvgIpc) is 3.04. The zero-order valence-electron chi connectivity index (χ0n) is 9.77. The number of rotatable bonds is 5. The third-order valence-corrected chi connectivity index (χ3v) is 2.33. The molecule has 2 rings (SSSR count). The van der Waals surface area contributed by atoms with Gasteiger partial charge in [-0.15, -0.1) is 0 Å². The summed E-state index contributed by atoms with van der Waals surface area (Å²) in [5.74, 6) is 1.47. The second-order valence-corrected chi connectivity index (χ2v) is 4.31. The van der Waals surface area contributed by atoms with Crippen LogP contribution in [0.2, 0.25) is 0 Å². The minimum Gasteiger partial charge on any atom is -0.487 e. The highest BCUT2D eigenvalue weighted by molar-refractivity contribution is 5.44. The van der Waals surface area contributed by atoms with Crippen LogP contribution >= 0.6 is 0 Å². The fourth-order valence-corrected chi connectivity index (χ4v) is 1.43. The van der Waals surface area contributed by atoms with Crippen molar-refractivity contribution in [1.82, 2.24) is 4.98 Å². The lowest BCUT2D eigenvalue weighted by Crippen LogP contribution is -2.12. The van der Waals surface area contributed by atoms with Crippen LogP contribution in [0.5, 0.6) is 11.5 Å². The first-order valence-corrected chi connectivity index (χ1v) is 5.71. The van der Waals surface area contributed by atoms with Gasteiger partial charge in [-0.1, -0.05) is 0 Å². The smallest absolute Gasteiger partial charge is 0.180 e. The Kier molecular flexibility index (Phi) is 3.29. The molecule has 4 heteroatoms. The number of pyridine rings is 1. The second kappa shape index (κ2) is 4.70. The van der Waals surface area contributed by atoms with Crippen LogP contribution in [0.4, 0.5) is 0 Å². The Morgan fingerprint density at radius 3 is 2.75 bits per heavy atom. The van der Waals surface area contributed by atoms with E-state index in [1.165, 1.54) is 0 Å². The second-order valence-electron chi connectivity index (χ2n) is 4.31. The Morgan fingerprint density at radius 1 is 1.44 bits per heavy atom. The third kappa shape index (κ3) is 2.64. The number of aromatic nitrogens is 1. The first kappa shape index (κ1) is 11.2. The SMILES string of the molecule is CC(C)Oc1c(CN)cncc1OC1CC1. The van der Waals surface area contributed by atoms with E-state index in [2.05, 4.69) is 4.98 Å². The normalized spacial score (nSPS) is 15.2. The zero-order chi connectivity index (χ0) is 11.5. The molecule has 0 bridgehead atoms. The summed E-state index contributed by atoms with van der Waals surface area (Å²) in [5.41, 5.74) is 6.56. The van der Waals surface area contributed by atoms with E-state index in [4.69, 9.17) is 15.2 Å². The molecule has 1 aliphatic carbocycles. The zero-order valence-corrected chi connectivity index (χ0v) is 9.77. The van der Waals surface area contributed by atoms with Crippen LogP contribution in [-0.2, 0) is 6.54 Å². The molecule has 0 aromatic carbocycles. The van der Waals surface area contributed by atoms with E-state index >= 15 is 0 Å². The van der Waals surface area contributed by atoms with Crippen LogP contribution in [0.25, 0.3) is 0 Å². The van der Waals surface area contributed by atoms with Crippen LogP contribution in [0.1, 0.15) is 32.3 Å². The van der Waals surface area contributed by atoms with Crippen molar-refractivity contribution < 1.29 is 9.47 Å². The highest BCUT2D eigenvalue weighted by atomic mass is 16.5. The van der Waals surface area contributed by atoms with Crippen molar-refractivity contribution in [3.05, 3.63) is 18.0 Å². The number of hydrogen-bond donors (Lipinski definition) is 1. The van der Waals surface area contributed by atoms with Gasteiger partial charge in [0.15, 0.2) is 11.5 Å². The summed E-state index contributed by atoms with van der Waals surface area (Å²) < 4.78 is 11.5. The molecule has 16 heavy (non-hydrogen) atoms. The molecule has 1 aliphatic rings. The molecule has 0 aliphatic heterocycles. The maximum absolute atomic E-state index is 5.76. The summed E-state index contributed by atoms with van der Waals surface area (Å²) in [6, 6.07) is 0. The largest absolute Gasteiger partial charge is 0.487 e. The van der Waals surface area contributed by atoms with E-state index in [-0.39, 0.29) is 6.10 Å². The minimum absolute atomic E-state index is 0.106. The van der Waals surface area contributed by atoms with Crippen molar-refractivity contribution in [2.75, 3.05) is 0 Å². The van der Waals surface area contributed by atoms with Gasteiger partial charge in [0.25, 0.3) is 0 Å². The summed E-state index contributed by atoms with van der Waals surface area (Å²) in [5, 5.41) is 0. The fraction of sp³-hybridized carbons (Fsp3) is 0.583. The summed E-state index contributed by atoms with van der Waals surface area (Å²) >= 11 is 0. The van der Waals surface area contributed by atoms with Crippen LogP contribution in [0.3, 0.4) is 0 Å². The van der Waals surface area contributed by atoms with Gasteiger partial charge in [0, 0.05) is 18.3 Å². The molecule has 0 atom stereocenters. The predicted octanol–water partition coefficient (Wildman–Crippen LogP) is 1.87. The number of nitrogens with two attached hydrogens (primary N) is 1. The van der Waals surface area contributed by atoms with Crippen molar-refractivity contribution >= 4 is 0 Å². The van der Waals surface area contributed by atoms with Gasteiger partial charge >= 0.3 is 0 Å². The van der Waals surface area contributed by atoms with Gasteiger partial charge < -0.3 is 15.2 Å². The quantitative estimate of drug-likeness (QED) is 0.826. The van der Waals surface area contributed by atoms with Crippen LogP contribution in [0, 0.1) is 0 Å². The lowest BCUT2D eigenvalue weighted by molar-refractivity contribution is 0.214. The molecule has 1 heterocycles. The summed E-state index contributed by atoms with van der Waals surface area (Å²) in [7, 11) is 0.